The number of imidazole rings is 1. The largest absolute Gasteiger partial charge is 0.341 e. The summed E-state index contributed by atoms with van der Waals surface area (Å²) in [5.41, 5.74) is 0.585. The van der Waals surface area contributed by atoms with Crippen LogP contribution < -0.4 is 0 Å². The molecule has 4 nitrogen and oxygen atoms in total. The molecule has 1 saturated heterocycles. The summed E-state index contributed by atoms with van der Waals surface area (Å²) in [4.78, 5) is 22.2. The molecular weight excluding hydrogens is 270 g/mol. The molecule has 0 radical (unpaired) electrons. The van der Waals surface area contributed by atoms with Crippen LogP contribution in [0.5, 0.6) is 0 Å². The summed E-state index contributed by atoms with van der Waals surface area (Å²) in [6, 6.07) is 10.4. The minimum Gasteiger partial charge on any atom is -0.341 e. The maximum atomic E-state index is 12.2. The molecule has 1 N–H and O–H groups in total. The van der Waals surface area contributed by atoms with Gasteiger partial charge in [-0.3, -0.25) is 4.79 Å². The average molecular weight is 287 g/mol. The topological polar surface area (TPSA) is 49.0 Å². The predicted molar refractivity (Wildman–Crippen MR) is 79.8 cm³/mol. The Balaban J connectivity index is 1.51. The van der Waals surface area contributed by atoms with Gasteiger partial charge in [-0.15, -0.1) is 11.8 Å². The molecule has 1 amide bonds. The van der Waals surface area contributed by atoms with Crippen LogP contribution in [0.4, 0.5) is 0 Å². The fourth-order valence-corrected chi connectivity index (χ4v) is 3.48. The number of amides is 1. The standard InChI is InChI=1S/C15H17N3OS/c19-15(14-8-16-11-17-14)18-7-6-12(9-18)10-20-13-4-2-1-3-5-13/h1-5,8,11-12H,6-7,9-10H2,(H,16,17)/t12-/m1/s1. The molecular formula is C15H17N3OS. The zero-order chi connectivity index (χ0) is 13.8. The third-order valence-electron chi connectivity index (χ3n) is 3.53. The number of rotatable bonds is 4. The Hall–Kier alpha value is -1.75. The first-order valence-corrected chi connectivity index (χ1v) is 7.77. The lowest BCUT2D eigenvalue weighted by molar-refractivity contribution is 0.0783. The molecule has 2 aromatic rings. The molecule has 0 bridgehead atoms. The monoisotopic (exact) mass is 287 g/mol. The predicted octanol–water partition coefficient (Wildman–Crippen LogP) is 2.66. The van der Waals surface area contributed by atoms with Crippen molar-refractivity contribution in [2.24, 2.45) is 5.92 Å². The SMILES string of the molecule is O=C(c1cnc[nH]1)N1CC[C@@H](CSc2ccccc2)C1. The molecule has 20 heavy (non-hydrogen) atoms. The van der Waals surface area contributed by atoms with E-state index >= 15 is 0 Å². The van der Waals surface area contributed by atoms with Crippen molar-refractivity contribution in [1.29, 1.82) is 0 Å². The number of benzene rings is 1. The average Bonchev–Trinajstić information content (AvgIpc) is 3.17. The van der Waals surface area contributed by atoms with Gasteiger partial charge in [0.15, 0.2) is 0 Å². The van der Waals surface area contributed by atoms with E-state index in [9.17, 15) is 4.79 Å². The van der Waals surface area contributed by atoms with E-state index in [0.29, 0.717) is 11.6 Å². The Labute approximate surface area is 122 Å². The zero-order valence-corrected chi connectivity index (χ0v) is 12.0. The van der Waals surface area contributed by atoms with Gasteiger partial charge in [-0.05, 0) is 24.5 Å². The molecule has 3 rings (SSSR count). The van der Waals surface area contributed by atoms with Gasteiger partial charge in [-0.1, -0.05) is 18.2 Å². The lowest BCUT2D eigenvalue weighted by atomic mass is 10.2. The van der Waals surface area contributed by atoms with Gasteiger partial charge in [0, 0.05) is 23.7 Å². The van der Waals surface area contributed by atoms with Gasteiger partial charge in [0.2, 0.25) is 0 Å². The summed E-state index contributed by atoms with van der Waals surface area (Å²) in [5, 5.41) is 0. The summed E-state index contributed by atoms with van der Waals surface area (Å²) >= 11 is 1.87. The van der Waals surface area contributed by atoms with Crippen molar-refractivity contribution in [3.8, 4) is 0 Å². The summed E-state index contributed by atoms with van der Waals surface area (Å²) in [5.74, 6) is 1.71. The first kappa shape index (κ1) is 13.2. The van der Waals surface area contributed by atoms with Crippen LogP contribution in [-0.2, 0) is 0 Å². The Morgan fingerprint density at radius 1 is 1.40 bits per heavy atom. The van der Waals surface area contributed by atoms with Crippen molar-refractivity contribution in [3.05, 3.63) is 48.5 Å². The maximum Gasteiger partial charge on any atom is 0.271 e. The first-order valence-electron chi connectivity index (χ1n) is 6.78. The van der Waals surface area contributed by atoms with Gasteiger partial charge in [0.25, 0.3) is 5.91 Å². The van der Waals surface area contributed by atoms with E-state index < -0.39 is 0 Å². The van der Waals surface area contributed by atoms with Gasteiger partial charge < -0.3 is 9.88 Å². The second-order valence-electron chi connectivity index (χ2n) is 5.00. The number of aromatic amines is 1. The minimum atomic E-state index is 0.0645. The second kappa shape index (κ2) is 6.13. The molecule has 1 fully saturated rings. The number of nitrogens with one attached hydrogen (secondary N) is 1. The number of carbonyl (C=O) groups is 1. The van der Waals surface area contributed by atoms with Gasteiger partial charge in [0.1, 0.15) is 5.69 Å². The van der Waals surface area contributed by atoms with Crippen molar-refractivity contribution in [2.75, 3.05) is 18.8 Å². The number of hydrogen-bond donors (Lipinski definition) is 1. The Morgan fingerprint density at radius 2 is 2.25 bits per heavy atom. The Kier molecular flexibility index (Phi) is 4.06. The number of nitrogens with zero attached hydrogens (tertiary/aromatic N) is 2. The molecule has 2 heterocycles. The quantitative estimate of drug-likeness (QED) is 0.880. The Morgan fingerprint density at radius 3 is 3.00 bits per heavy atom. The van der Waals surface area contributed by atoms with E-state index in [1.165, 1.54) is 4.90 Å². The van der Waals surface area contributed by atoms with Crippen molar-refractivity contribution in [3.63, 3.8) is 0 Å². The van der Waals surface area contributed by atoms with Crippen molar-refractivity contribution < 1.29 is 4.79 Å². The molecule has 1 atom stereocenters. The van der Waals surface area contributed by atoms with Crippen molar-refractivity contribution >= 4 is 17.7 Å². The lowest BCUT2D eigenvalue weighted by Gasteiger charge is -2.15. The third kappa shape index (κ3) is 3.04. The second-order valence-corrected chi connectivity index (χ2v) is 6.09. The van der Waals surface area contributed by atoms with Crippen LogP contribution in [0.1, 0.15) is 16.9 Å². The van der Waals surface area contributed by atoms with E-state index in [-0.39, 0.29) is 5.91 Å². The molecule has 1 aliphatic heterocycles. The van der Waals surface area contributed by atoms with E-state index in [0.717, 1.165) is 25.3 Å². The van der Waals surface area contributed by atoms with Crippen molar-refractivity contribution in [1.82, 2.24) is 14.9 Å². The number of aromatic nitrogens is 2. The van der Waals surface area contributed by atoms with Crippen LogP contribution in [-0.4, -0.2) is 39.6 Å². The fourth-order valence-electron chi connectivity index (χ4n) is 2.43. The number of carbonyl (C=O) groups excluding carboxylic acids is 1. The molecule has 0 aliphatic carbocycles. The molecule has 5 heteroatoms. The van der Waals surface area contributed by atoms with E-state index in [1.807, 2.05) is 22.7 Å². The van der Waals surface area contributed by atoms with E-state index in [1.54, 1.807) is 12.5 Å². The summed E-state index contributed by atoms with van der Waals surface area (Å²) in [6.07, 6.45) is 4.22. The highest BCUT2D eigenvalue weighted by atomic mass is 32.2. The molecule has 1 aliphatic rings. The highest BCUT2D eigenvalue weighted by molar-refractivity contribution is 7.99. The van der Waals surface area contributed by atoms with Crippen LogP contribution in [0.3, 0.4) is 0 Å². The third-order valence-corrected chi connectivity index (χ3v) is 4.77. The van der Waals surface area contributed by atoms with Gasteiger partial charge >= 0.3 is 0 Å². The molecule has 0 spiro atoms. The summed E-state index contributed by atoms with van der Waals surface area (Å²) in [7, 11) is 0. The van der Waals surface area contributed by atoms with E-state index in [4.69, 9.17) is 0 Å². The lowest BCUT2D eigenvalue weighted by Crippen LogP contribution is -2.29. The van der Waals surface area contributed by atoms with Gasteiger partial charge in [-0.25, -0.2) is 4.98 Å². The summed E-state index contributed by atoms with van der Waals surface area (Å²) in [6.45, 7) is 1.69. The fraction of sp³-hybridized carbons (Fsp3) is 0.333. The normalized spacial score (nSPS) is 18.4. The number of likely N-dealkylation sites (tertiary alicyclic amines) is 1. The number of hydrogen-bond acceptors (Lipinski definition) is 3. The highest BCUT2D eigenvalue weighted by Gasteiger charge is 2.27. The van der Waals surface area contributed by atoms with Crippen molar-refractivity contribution in [2.45, 2.75) is 11.3 Å². The molecule has 1 aromatic carbocycles. The maximum absolute atomic E-state index is 12.2. The van der Waals surface area contributed by atoms with Crippen LogP contribution >= 0.6 is 11.8 Å². The van der Waals surface area contributed by atoms with Crippen LogP contribution in [0.2, 0.25) is 0 Å². The molecule has 104 valence electrons. The first-order chi connectivity index (χ1) is 9.83. The van der Waals surface area contributed by atoms with Gasteiger partial charge in [-0.2, -0.15) is 0 Å². The van der Waals surface area contributed by atoms with Crippen LogP contribution in [0.25, 0.3) is 0 Å². The molecule has 1 aromatic heterocycles. The highest BCUT2D eigenvalue weighted by Crippen LogP contribution is 2.26. The zero-order valence-electron chi connectivity index (χ0n) is 11.2. The van der Waals surface area contributed by atoms with Gasteiger partial charge in [0.05, 0.1) is 12.5 Å². The molecule has 0 unspecified atom stereocenters. The molecule has 0 saturated carbocycles. The van der Waals surface area contributed by atoms with E-state index in [2.05, 4.69) is 34.2 Å². The number of H-pyrrole nitrogens is 1. The minimum absolute atomic E-state index is 0.0645. The summed E-state index contributed by atoms with van der Waals surface area (Å²) < 4.78 is 0. The number of thioether (sulfide) groups is 1. The smallest absolute Gasteiger partial charge is 0.271 e. The van der Waals surface area contributed by atoms with Crippen LogP contribution in [0, 0.1) is 5.92 Å². The Bertz CT molecular complexity index is 556. The van der Waals surface area contributed by atoms with Crippen LogP contribution in [0.15, 0.2) is 47.8 Å².